The molecule has 0 bridgehead atoms. The van der Waals surface area contributed by atoms with Crippen molar-refractivity contribution in [3.8, 4) is 0 Å². The average Bonchev–Trinajstić information content (AvgIpc) is 3.01. The van der Waals surface area contributed by atoms with Crippen LogP contribution >= 0.6 is 0 Å². The number of aryl methyl sites for hydroxylation is 1. The van der Waals surface area contributed by atoms with E-state index in [-0.39, 0.29) is 11.9 Å². The molecule has 1 fully saturated rings. The molecule has 1 aliphatic heterocycles. The van der Waals surface area contributed by atoms with Crippen molar-refractivity contribution in [1.82, 2.24) is 19.7 Å². The molecule has 1 unspecified atom stereocenters. The van der Waals surface area contributed by atoms with Crippen molar-refractivity contribution in [1.29, 1.82) is 0 Å². The number of pyridine rings is 1. The van der Waals surface area contributed by atoms with Gasteiger partial charge in [0.25, 0.3) is 5.91 Å². The summed E-state index contributed by atoms with van der Waals surface area (Å²) in [5, 5.41) is 4.08. The molecule has 0 saturated carbocycles. The van der Waals surface area contributed by atoms with E-state index in [9.17, 15) is 4.79 Å². The fourth-order valence-corrected chi connectivity index (χ4v) is 2.92. The summed E-state index contributed by atoms with van der Waals surface area (Å²) in [4.78, 5) is 21.0. The van der Waals surface area contributed by atoms with Crippen LogP contribution in [0.1, 0.15) is 23.2 Å². The van der Waals surface area contributed by atoms with Crippen molar-refractivity contribution in [2.45, 2.75) is 18.9 Å². The van der Waals surface area contributed by atoms with E-state index in [4.69, 9.17) is 0 Å². The number of piperidine rings is 1. The zero-order chi connectivity index (χ0) is 15.5. The van der Waals surface area contributed by atoms with Gasteiger partial charge in [-0.3, -0.25) is 9.48 Å². The first-order chi connectivity index (χ1) is 10.6. The summed E-state index contributed by atoms with van der Waals surface area (Å²) in [5.74, 6) is 1.01. The number of anilines is 1. The van der Waals surface area contributed by atoms with Crippen LogP contribution in [0.3, 0.4) is 0 Å². The molecule has 3 heterocycles. The molecule has 1 aliphatic rings. The zero-order valence-corrected chi connectivity index (χ0v) is 13.0. The van der Waals surface area contributed by atoms with E-state index in [0.29, 0.717) is 5.56 Å². The molecule has 1 atom stereocenters. The Morgan fingerprint density at radius 1 is 1.41 bits per heavy atom. The molecular formula is C16H21N5O. The van der Waals surface area contributed by atoms with Crippen molar-refractivity contribution >= 4 is 11.7 Å². The van der Waals surface area contributed by atoms with Gasteiger partial charge in [-0.05, 0) is 25.0 Å². The van der Waals surface area contributed by atoms with Gasteiger partial charge in [0.05, 0.1) is 11.8 Å². The Bertz CT molecular complexity index is 639. The highest BCUT2D eigenvalue weighted by molar-refractivity contribution is 5.93. The lowest BCUT2D eigenvalue weighted by molar-refractivity contribution is 0.0717. The number of hydrogen-bond acceptors (Lipinski definition) is 4. The SMILES string of the molecule is CN(C(=O)c1cnn(C)c1)C1CCCN(c2ccccn2)C1. The van der Waals surface area contributed by atoms with Crippen molar-refractivity contribution in [3.63, 3.8) is 0 Å². The first-order valence-electron chi connectivity index (χ1n) is 7.57. The number of hydrogen-bond donors (Lipinski definition) is 0. The van der Waals surface area contributed by atoms with Gasteiger partial charge in [-0.25, -0.2) is 4.98 Å². The fraction of sp³-hybridized carbons (Fsp3) is 0.438. The number of nitrogens with zero attached hydrogens (tertiary/aromatic N) is 5. The molecule has 1 amide bonds. The Kier molecular flexibility index (Phi) is 4.09. The van der Waals surface area contributed by atoms with Gasteiger partial charge in [-0.1, -0.05) is 6.07 Å². The molecule has 2 aromatic heterocycles. The van der Waals surface area contributed by atoms with Crippen LogP contribution < -0.4 is 4.90 Å². The van der Waals surface area contributed by atoms with Crippen LogP contribution in [0.25, 0.3) is 0 Å². The first kappa shape index (κ1) is 14.6. The third-order valence-electron chi connectivity index (χ3n) is 4.19. The van der Waals surface area contributed by atoms with E-state index < -0.39 is 0 Å². The van der Waals surface area contributed by atoms with Gasteiger partial charge < -0.3 is 9.80 Å². The van der Waals surface area contributed by atoms with Gasteiger partial charge >= 0.3 is 0 Å². The maximum Gasteiger partial charge on any atom is 0.257 e. The molecule has 0 aromatic carbocycles. The predicted octanol–water partition coefficient (Wildman–Crippen LogP) is 1.56. The number of likely N-dealkylation sites (N-methyl/N-ethyl adjacent to an activating group) is 1. The Labute approximate surface area is 130 Å². The standard InChI is InChI=1S/C16H21N5O/c1-19-11-13(10-18-19)16(22)20(2)14-6-5-9-21(12-14)15-7-3-4-8-17-15/h3-4,7-8,10-11,14H,5-6,9,12H2,1-2H3. The zero-order valence-electron chi connectivity index (χ0n) is 13.0. The van der Waals surface area contributed by atoms with Crippen molar-refractivity contribution in [2.75, 3.05) is 25.0 Å². The van der Waals surface area contributed by atoms with E-state index in [0.717, 1.165) is 31.7 Å². The average molecular weight is 299 g/mol. The molecule has 3 rings (SSSR count). The number of carbonyl (C=O) groups is 1. The lowest BCUT2D eigenvalue weighted by atomic mass is 10.0. The van der Waals surface area contributed by atoms with Gasteiger partial charge in [0.15, 0.2) is 0 Å². The molecule has 0 aliphatic carbocycles. The van der Waals surface area contributed by atoms with Crippen LogP contribution in [0.15, 0.2) is 36.8 Å². The summed E-state index contributed by atoms with van der Waals surface area (Å²) in [5.41, 5.74) is 0.639. The number of amides is 1. The minimum Gasteiger partial charge on any atom is -0.355 e. The second kappa shape index (κ2) is 6.17. The van der Waals surface area contributed by atoms with Crippen LogP contribution in [-0.2, 0) is 7.05 Å². The molecular weight excluding hydrogens is 278 g/mol. The van der Waals surface area contributed by atoms with Crippen molar-refractivity contribution < 1.29 is 4.79 Å². The van der Waals surface area contributed by atoms with Crippen LogP contribution in [0.4, 0.5) is 5.82 Å². The molecule has 0 spiro atoms. The first-order valence-corrected chi connectivity index (χ1v) is 7.57. The second-order valence-electron chi connectivity index (χ2n) is 5.75. The molecule has 2 aromatic rings. The van der Waals surface area contributed by atoms with Crippen LogP contribution in [0.5, 0.6) is 0 Å². The number of rotatable bonds is 3. The monoisotopic (exact) mass is 299 g/mol. The molecule has 22 heavy (non-hydrogen) atoms. The second-order valence-corrected chi connectivity index (χ2v) is 5.75. The summed E-state index contributed by atoms with van der Waals surface area (Å²) in [6.45, 7) is 1.81. The maximum absolute atomic E-state index is 12.5. The van der Waals surface area contributed by atoms with Crippen LogP contribution in [-0.4, -0.2) is 51.8 Å². The Balaban J connectivity index is 1.70. The minimum absolute atomic E-state index is 0.0287. The lowest BCUT2D eigenvalue weighted by Gasteiger charge is -2.38. The summed E-state index contributed by atoms with van der Waals surface area (Å²) >= 11 is 0. The summed E-state index contributed by atoms with van der Waals surface area (Å²) < 4.78 is 1.65. The lowest BCUT2D eigenvalue weighted by Crippen LogP contribution is -2.48. The van der Waals surface area contributed by atoms with Gasteiger partial charge in [-0.2, -0.15) is 5.10 Å². The van der Waals surface area contributed by atoms with Crippen LogP contribution in [0, 0.1) is 0 Å². The minimum atomic E-state index is 0.0287. The van der Waals surface area contributed by atoms with Gasteiger partial charge in [0.2, 0.25) is 0 Å². The quantitative estimate of drug-likeness (QED) is 0.863. The van der Waals surface area contributed by atoms with E-state index in [2.05, 4.69) is 15.0 Å². The van der Waals surface area contributed by atoms with Gasteiger partial charge in [0.1, 0.15) is 5.82 Å². The Hall–Kier alpha value is -2.37. The molecule has 6 nitrogen and oxygen atoms in total. The molecule has 1 saturated heterocycles. The van der Waals surface area contributed by atoms with Gasteiger partial charge in [-0.15, -0.1) is 0 Å². The molecule has 0 radical (unpaired) electrons. The topological polar surface area (TPSA) is 54.3 Å². The highest BCUT2D eigenvalue weighted by atomic mass is 16.2. The van der Waals surface area contributed by atoms with Crippen LogP contribution in [0.2, 0.25) is 0 Å². The Morgan fingerprint density at radius 2 is 2.27 bits per heavy atom. The highest BCUT2D eigenvalue weighted by Crippen LogP contribution is 2.21. The number of aromatic nitrogens is 3. The van der Waals surface area contributed by atoms with Crippen molar-refractivity contribution in [2.24, 2.45) is 7.05 Å². The molecule has 116 valence electrons. The summed E-state index contributed by atoms with van der Waals surface area (Å²) in [7, 11) is 3.70. The van der Waals surface area contributed by atoms with E-state index in [1.165, 1.54) is 0 Å². The maximum atomic E-state index is 12.5. The summed E-state index contributed by atoms with van der Waals surface area (Å²) in [6.07, 6.45) is 7.28. The van der Waals surface area contributed by atoms with Crippen molar-refractivity contribution in [3.05, 3.63) is 42.4 Å². The normalized spacial score (nSPS) is 18.3. The molecule has 6 heteroatoms. The van der Waals surface area contributed by atoms with E-state index >= 15 is 0 Å². The van der Waals surface area contributed by atoms with E-state index in [1.807, 2.05) is 43.4 Å². The summed E-state index contributed by atoms with van der Waals surface area (Å²) in [6, 6.07) is 6.13. The molecule has 0 N–H and O–H groups in total. The number of carbonyl (C=O) groups excluding carboxylic acids is 1. The third kappa shape index (κ3) is 2.95. The Morgan fingerprint density at radius 3 is 2.95 bits per heavy atom. The highest BCUT2D eigenvalue weighted by Gasteiger charge is 2.27. The fourth-order valence-electron chi connectivity index (χ4n) is 2.92. The largest absolute Gasteiger partial charge is 0.355 e. The predicted molar refractivity (Wildman–Crippen MR) is 84.8 cm³/mol. The smallest absolute Gasteiger partial charge is 0.257 e. The van der Waals surface area contributed by atoms with Gasteiger partial charge in [0, 0.05) is 45.6 Å². The third-order valence-corrected chi connectivity index (χ3v) is 4.19. The van der Waals surface area contributed by atoms with E-state index in [1.54, 1.807) is 17.1 Å².